The zero-order valence-electron chi connectivity index (χ0n) is 11.5. The lowest BCUT2D eigenvalue weighted by Gasteiger charge is -2.22. The summed E-state index contributed by atoms with van der Waals surface area (Å²) in [6.45, 7) is 0.0836. The fraction of sp³-hybridized carbons (Fsp3) is 0.143. The van der Waals surface area contributed by atoms with Crippen LogP contribution in [0.5, 0.6) is 0 Å². The summed E-state index contributed by atoms with van der Waals surface area (Å²) in [5.74, 6) is -3.70. The van der Waals surface area contributed by atoms with Crippen molar-refractivity contribution in [1.29, 1.82) is 0 Å². The average molecular weight is 407 g/mol. The molecule has 0 N–H and O–H groups in total. The van der Waals surface area contributed by atoms with Gasteiger partial charge in [0.05, 0.1) is 11.4 Å². The molecule has 0 amide bonds. The van der Waals surface area contributed by atoms with Crippen molar-refractivity contribution in [2.45, 2.75) is 0 Å². The monoisotopic (exact) mass is 406 g/mol. The van der Waals surface area contributed by atoms with E-state index in [1.165, 1.54) is 12.1 Å². The van der Waals surface area contributed by atoms with Gasteiger partial charge in [-0.1, -0.05) is 28.1 Å². The molecule has 1 aliphatic heterocycles. The van der Waals surface area contributed by atoms with E-state index in [9.17, 15) is 21.6 Å². The van der Waals surface area contributed by atoms with Crippen LogP contribution in [-0.2, 0) is 10.2 Å². The van der Waals surface area contributed by atoms with Crippen LogP contribution < -0.4 is 8.61 Å². The largest absolute Gasteiger partial charge is 0.331 e. The summed E-state index contributed by atoms with van der Waals surface area (Å²) in [4.78, 5) is 0. The smallest absolute Gasteiger partial charge is 0.250 e. The highest BCUT2D eigenvalue weighted by molar-refractivity contribution is 9.09. The third-order valence-corrected chi connectivity index (χ3v) is 5.48. The Morgan fingerprint density at radius 3 is 2.13 bits per heavy atom. The van der Waals surface area contributed by atoms with Crippen molar-refractivity contribution in [1.82, 2.24) is 0 Å². The van der Waals surface area contributed by atoms with Crippen LogP contribution in [0.2, 0.25) is 0 Å². The number of hydrogen-bond acceptors (Lipinski definition) is 2. The third-order valence-electron chi connectivity index (χ3n) is 3.35. The summed E-state index contributed by atoms with van der Waals surface area (Å²) in [5, 5.41) is 0.336. The quantitative estimate of drug-likeness (QED) is 0.729. The number of anilines is 3. The predicted octanol–water partition coefficient (Wildman–Crippen LogP) is 3.70. The molecule has 1 heterocycles. The summed E-state index contributed by atoms with van der Waals surface area (Å²) in [6.07, 6.45) is 0. The molecule has 0 bridgehead atoms. The van der Waals surface area contributed by atoms with E-state index < -0.39 is 33.3 Å². The molecule has 3 rings (SSSR count). The molecule has 9 heteroatoms. The lowest BCUT2D eigenvalue weighted by molar-refractivity contribution is 0.543. The Labute approximate surface area is 139 Å². The molecule has 0 unspecified atom stereocenters. The minimum Gasteiger partial charge on any atom is -0.250 e. The van der Waals surface area contributed by atoms with E-state index in [1.54, 1.807) is 12.1 Å². The number of rotatable bonds is 3. The van der Waals surface area contributed by atoms with Crippen LogP contribution in [-0.4, -0.2) is 20.3 Å². The first-order valence-electron chi connectivity index (χ1n) is 6.50. The minimum atomic E-state index is -4.23. The number of fused-ring (bicyclic) bond motifs is 1. The normalized spacial score (nSPS) is 15.8. The summed E-state index contributed by atoms with van der Waals surface area (Å²) < 4.78 is 68.4. The Morgan fingerprint density at radius 1 is 1.00 bits per heavy atom. The van der Waals surface area contributed by atoms with Crippen LogP contribution in [0, 0.1) is 17.5 Å². The molecule has 2 aromatic carbocycles. The van der Waals surface area contributed by atoms with Crippen molar-refractivity contribution in [3.63, 3.8) is 0 Å². The highest BCUT2D eigenvalue weighted by Gasteiger charge is 2.43. The molecule has 0 saturated carbocycles. The number of benzene rings is 2. The Balaban J connectivity index is 2.28. The molecule has 0 saturated heterocycles. The maximum Gasteiger partial charge on any atom is 0.331 e. The molecule has 23 heavy (non-hydrogen) atoms. The van der Waals surface area contributed by atoms with Gasteiger partial charge >= 0.3 is 10.2 Å². The van der Waals surface area contributed by atoms with Gasteiger partial charge in [0.2, 0.25) is 0 Å². The molecule has 4 nitrogen and oxygen atoms in total. The van der Waals surface area contributed by atoms with E-state index in [4.69, 9.17) is 0 Å². The van der Waals surface area contributed by atoms with E-state index in [0.717, 1.165) is 4.31 Å². The number of nitrogens with zero attached hydrogens (tertiary/aromatic N) is 2. The summed E-state index contributed by atoms with van der Waals surface area (Å²) in [7, 11) is -4.23. The number of alkyl halides is 1. The number of halogens is 4. The Bertz CT molecular complexity index is 853. The van der Waals surface area contributed by atoms with Crippen LogP contribution in [0.1, 0.15) is 0 Å². The van der Waals surface area contributed by atoms with Gasteiger partial charge in [0.1, 0.15) is 11.5 Å². The lowest BCUT2D eigenvalue weighted by Crippen LogP contribution is -2.37. The van der Waals surface area contributed by atoms with E-state index in [-0.39, 0.29) is 12.2 Å². The average Bonchev–Trinajstić information content (AvgIpc) is 2.68. The third kappa shape index (κ3) is 2.47. The molecule has 0 spiro atoms. The maximum atomic E-state index is 14.1. The lowest BCUT2D eigenvalue weighted by atomic mass is 10.2. The number of hydrogen-bond donors (Lipinski definition) is 0. The maximum absolute atomic E-state index is 14.1. The molecule has 122 valence electrons. The first-order valence-corrected chi connectivity index (χ1v) is 9.02. The van der Waals surface area contributed by atoms with Crippen molar-refractivity contribution >= 4 is 43.2 Å². The minimum absolute atomic E-state index is 0.0836. The van der Waals surface area contributed by atoms with Gasteiger partial charge in [-0.2, -0.15) is 8.42 Å². The van der Waals surface area contributed by atoms with Crippen molar-refractivity contribution in [3.05, 3.63) is 53.8 Å². The molecule has 0 aliphatic carbocycles. The highest BCUT2D eigenvalue weighted by atomic mass is 79.9. The van der Waals surface area contributed by atoms with Crippen LogP contribution in [0.15, 0.2) is 36.4 Å². The zero-order chi connectivity index (χ0) is 16.8. The second-order valence-electron chi connectivity index (χ2n) is 4.74. The molecule has 0 aromatic heterocycles. The van der Waals surface area contributed by atoms with Crippen molar-refractivity contribution in [3.8, 4) is 0 Å². The zero-order valence-corrected chi connectivity index (χ0v) is 13.9. The molecule has 0 radical (unpaired) electrons. The van der Waals surface area contributed by atoms with E-state index in [0.29, 0.717) is 27.5 Å². The van der Waals surface area contributed by atoms with Gasteiger partial charge in [0, 0.05) is 24.0 Å². The summed E-state index contributed by atoms with van der Waals surface area (Å²) >= 11 is 3.16. The van der Waals surface area contributed by atoms with Gasteiger partial charge in [-0.05, 0) is 12.1 Å². The molecule has 0 fully saturated rings. The topological polar surface area (TPSA) is 40.6 Å². The second kappa shape index (κ2) is 5.72. The van der Waals surface area contributed by atoms with Crippen LogP contribution >= 0.6 is 15.9 Å². The van der Waals surface area contributed by atoms with Gasteiger partial charge < -0.3 is 0 Å². The Hall–Kier alpha value is -1.74. The van der Waals surface area contributed by atoms with Crippen molar-refractivity contribution in [2.75, 3.05) is 20.5 Å². The Kier molecular flexibility index (Phi) is 4.01. The van der Waals surface area contributed by atoms with Gasteiger partial charge in [-0.15, -0.1) is 0 Å². The van der Waals surface area contributed by atoms with E-state index in [1.807, 2.05) is 0 Å². The number of para-hydroxylation sites is 2. The van der Waals surface area contributed by atoms with Gasteiger partial charge in [0.15, 0.2) is 11.6 Å². The first-order chi connectivity index (χ1) is 10.9. The summed E-state index contributed by atoms with van der Waals surface area (Å²) in [5.41, 5.74) is -0.413. The highest BCUT2D eigenvalue weighted by Crippen LogP contribution is 2.46. The van der Waals surface area contributed by atoms with Crippen molar-refractivity contribution in [2.24, 2.45) is 0 Å². The molecular weight excluding hydrogens is 397 g/mol. The van der Waals surface area contributed by atoms with Gasteiger partial charge in [-0.25, -0.2) is 17.5 Å². The standard InChI is InChI=1S/C14H10BrF3N2O2S/c15-5-6-19-12-3-1-2-4-13(12)20(23(19,21)22)14-10(17)7-9(16)8-11(14)18/h1-4,7-8H,5-6H2. The predicted molar refractivity (Wildman–Crippen MR) is 85.0 cm³/mol. The molecular formula is C14H10BrF3N2O2S. The fourth-order valence-corrected chi connectivity index (χ4v) is 4.79. The fourth-order valence-electron chi connectivity index (χ4n) is 2.47. The summed E-state index contributed by atoms with van der Waals surface area (Å²) in [6, 6.07) is 7.04. The van der Waals surface area contributed by atoms with Crippen LogP contribution in [0.3, 0.4) is 0 Å². The van der Waals surface area contributed by atoms with Crippen LogP contribution in [0.4, 0.5) is 30.2 Å². The Morgan fingerprint density at radius 2 is 1.57 bits per heavy atom. The first kappa shape index (κ1) is 16.1. The van der Waals surface area contributed by atoms with Crippen molar-refractivity contribution < 1.29 is 21.6 Å². The van der Waals surface area contributed by atoms with Gasteiger partial charge in [0.25, 0.3) is 0 Å². The SMILES string of the molecule is O=S1(=O)N(CCBr)c2ccccc2N1c1c(F)cc(F)cc1F. The molecule has 0 atom stereocenters. The van der Waals surface area contributed by atoms with E-state index >= 15 is 0 Å². The molecule has 1 aliphatic rings. The molecule has 2 aromatic rings. The van der Waals surface area contributed by atoms with Gasteiger partial charge in [-0.3, -0.25) is 4.31 Å². The van der Waals surface area contributed by atoms with E-state index in [2.05, 4.69) is 15.9 Å². The second-order valence-corrected chi connectivity index (χ2v) is 7.23. The van der Waals surface area contributed by atoms with Crippen LogP contribution in [0.25, 0.3) is 0 Å².